The van der Waals surface area contributed by atoms with Gasteiger partial charge in [0.05, 0.1) is 11.3 Å². The molecule has 140 valence electrons. The van der Waals surface area contributed by atoms with Gasteiger partial charge in [-0.15, -0.1) is 0 Å². The lowest BCUT2D eigenvalue weighted by molar-refractivity contribution is 0.101. The zero-order valence-corrected chi connectivity index (χ0v) is 15.2. The number of ketones is 1. The maximum atomic E-state index is 12.7. The Morgan fingerprint density at radius 3 is 2.69 bits per heavy atom. The topological polar surface area (TPSA) is 77.2 Å². The monoisotopic (exact) mass is 381 g/mol. The molecule has 6 nitrogen and oxygen atoms in total. The molecule has 5 rings (SSSR count). The van der Waals surface area contributed by atoms with Crippen LogP contribution >= 0.6 is 0 Å². The highest BCUT2D eigenvalue weighted by Gasteiger charge is 2.28. The number of phenolic OH excluding ortho intramolecular Hbond substituents is 1. The zero-order valence-electron chi connectivity index (χ0n) is 15.2. The second-order valence-electron chi connectivity index (χ2n) is 6.58. The fourth-order valence-electron chi connectivity index (χ4n) is 3.25. The molecule has 0 unspecified atom stereocenters. The smallest absolute Gasteiger partial charge is 0.231 e. The molecular weight excluding hydrogens is 366 g/mol. The van der Waals surface area contributed by atoms with Gasteiger partial charge in [0.2, 0.25) is 5.78 Å². The Morgan fingerprint density at radius 1 is 1.03 bits per heavy atom. The maximum absolute atomic E-state index is 12.7. The molecule has 0 bridgehead atoms. The summed E-state index contributed by atoms with van der Waals surface area (Å²) in [6, 6.07) is 17.9. The number of nitrogens with zero attached hydrogens (tertiary/aromatic N) is 3. The van der Waals surface area contributed by atoms with Gasteiger partial charge in [-0.05, 0) is 42.5 Å². The quantitative estimate of drug-likeness (QED) is 0.537. The van der Waals surface area contributed by atoms with Gasteiger partial charge in [-0.2, -0.15) is 5.10 Å². The van der Waals surface area contributed by atoms with Crippen LogP contribution in [0.2, 0.25) is 0 Å². The number of hydrogen-bond acceptors (Lipinski definition) is 5. The fourth-order valence-corrected chi connectivity index (χ4v) is 3.25. The first-order valence-electron chi connectivity index (χ1n) is 9.02. The summed E-state index contributed by atoms with van der Waals surface area (Å²) in [4.78, 5) is 16.9. The molecule has 0 fully saturated rings. The van der Waals surface area contributed by atoms with Crippen molar-refractivity contribution in [1.82, 2.24) is 14.8 Å². The van der Waals surface area contributed by atoms with Crippen molar-refractivity contribution in [2.45, 2.75) is 0 Å². The molecule has 29 heavy (non-hydrogen) atoms. The van der Waals surface area contributed by atoms with E-state index in [4.69, 9.17) is 9.84 Å². The van der Waals surface area contributed by atoms with Crippen LogP contribution in [0.3, 0.4) is 0 Å². The highest BCUT2D eigenvalue weighted by atomic mass is 16.5. The van der Waals surface area contributed by atoms with Crippen LogP contribution in [0.1, 0.15) is 15.9 Å². The molecule has 0 saturated carbocycles. The third-order valence-corrected chi connectivity index (χ3v) is 4.64. The number of Topliss-reactive ketones (excluding diaryl/α,β-unsaturated/α-hetero) is 1. The van der Waals surface area contributed by atoms with Crippen LogP contribution in [0.15, 0.2) is 85.0 Å². The number of ether oxygens (including phenoxy) is 1. The van der Waals surface area contributed by atoms with Crippen molar-refractivity contribution in [1.29, 1.82) is 0 Å². The zero-order chi connectivity index (χ0) is 19.8. The SMILES string of the molecule is O=C1/C(=C/c2cn(-c3ccccc3)nc2-c2cccnc2)Oc2cc(O)ccc21. The summed E-state index contributed by atoms with van der Waals surface area (Å²) in [5.74, 6) is 0.346. The minimum Gasteiger partial charge on any atom is -0.508 e. The molecular formula is C23H15N3O3. The molecule has 2 aromatic heterocycles. The lowest BCUT2D eigenvalue weighted by Crippen LogP contribution is -1.98. The van der Waals surface area contributed by atoms with E-state index >= 15 is 0 Å². The predicted octanol–water partition coefficient (Wildman–Crippen LogP) is 4.26. The Labute approximate surface area is 166 Å². The van der Waals surface area contributed by atoms with Crippen LogP contribution in [0.25, 0.3) is 23.0 Å². The minimum atomic E-state index is -0.232. The molecule has 0 radical (unpaired) electrons. The van der Waals surface area contributed by atoms with Crippen LogP contribution < -0.4 is 4.74 Å². The Kier molecular flexibility index (Phi) is 3.95. The summed E-state index contributed by atoms with van der Waals surface area (Å²) in [5, 5.41) is 14.4. The average Bonchev–Trinajstić information content (AvgIpc) is 3.31. The summed E-state index contributed by atoms with van der Waals surface area (Å²) in [7, 11) is 0. The van der Waals surface area contributed by atoms with Crippen LogP contribution in [-0.2, 0) is 0 Å². The van der Waals surface area contributed by atoms with Gasteiger partial charge in [0.25, 0.3) is 0 Å². The summed E-state index contributed by atoms with van der Waals surface area (Å²) in [6.07, 6.45) is 6.95. The maximum Gasteiger partial charge on any atom is 0.231 e. The summed E-state index contributed by atoms with van der Waals surface area (Å²) < 4.78 is 7.47. The van der Waals surface area contributed by atoms with Crippen LogP contribution in [0, 0.1) is 0 Å². The third kappa shape index (κ3) is 3.06. The van der Waals surface area contributed by atoms with Gasteiger partial charge in [-0.3, -0.25) is 9.78 Å². The summed E-state index contributed by atoms with van der Waals surface area (Å²) >= 11 is 0. The van der Waals surface area contributed by atoms with Crippen molar-refractivity contribution in [3.63, 3.8) is 0 Å². The van der Waals surface area contributed by atoms with Gasteiger partial charge in [0.15, 0.2) is 5.76 Å². The molecule has 1 N–H and O–H groups in total. The van der Waals surface area contributed by atoms with Crippen LogP contribution in [-0.4, -0.2) is 25.7 Å². The first kappa shape index (κ1) is 16.9. The molecule has 0 atom stereocenters. The van der Waals surface area contributed by atoms with Gasteiger partial charge < -0.3 is 9.84 Å². The Balaban J connectivity index is 1.62. The Bertz CT molecular complexity index is 1250. The predicted molar refractivity (Wildman–Crippen MR) is 108 cm³/mol. The Morgan fingerprint density at radius 2 is 1.90 bits per heavy atom. The van der Waals surface area contributed by atoms with Gasteiger partial charge in [0.1, 0.15) is 17.2 Å². The molecule has 6 heteroatoms. The molecule has 4 aromatic rings. The van der Waals surface area contributed by atoms with Crippen molar-refractivity contribution < 1.29 is 14.6 Å². The average molecular weight is 381 g/mol. The van der Waals surface area contributed by atoms with E-state index < -0.39 is 0 Å². The lowest BCUT2D eigenvalue weighted by Gasteiger charge is -2.00. The summed E-state index contributed by atoms with van der Waals surface area (Å²) in [5.41, 5.74) is 3.56. The molecule has 1 aliphatic rings. The van der Waals surface area contributed by atoms with E-state index in [1.807, 2.05) is 48.7 Å². The number of carbonyl (C=O) groups is 1. The number of benzene rings is 2. The third-order valence-electron chi connectivity index (χ3n) is 4.64. The molecule has 0 spiro atoms. The number of fused-ring (bicyclic) bond motifs is 1. The largest absolute Gasteiger partial charge is 0.508 e. The molecule has 0 aliphatic carbocycles. The number of aromatic nitrogens is 3. The van der Waals surface area contributed by atoms with Crippen LogP contribution in [0.4, 0.5) is 0 Å². The van der Waals surface area contributed by atoms with Gasteiger partial charge >= 0.3 is 0 Å². The van der Waals surface area contributed by atoms with Crippen molar-refractivity contribution in [2.24, 2.45) is 0 Å². The number of aromatic hydroxyl groups is 1. The van der Waals surface area contributed by atoms with E-state index in [9.17, 15) is 9.90 Å². The van der Waals surface area contributed by atoms with E-state index in [2.05, 4.69) is 4.98 Å². The molecule has 3 heterocycles. The van der Waals surface area contributed by atoms with Gasteiger partial charge in [0, 0.05) is 35.8 Å². The number of allylic oxidation sites excluding steroid dienone is 1. The molecule has 0 amide bonds. The van der Waals surface area contributed by atoms with E-state index in [0.29, 0.717) is 17.0 Å². The summed E-state index contributed by atoms with van der Waals surface area (Å²) in [6.45, 7) is 0. The van der Waals surface area contributed by atoms with Crippen molar-refractivity contribution in [3.05, 3.63) is 96.1 Å². The number of hydrogen-bond donors (Lipinski definition) is 1. The lowest BCUT2D eigenvalue weighted by atomic mass is 10.1. The fraction of sp³-hybridized carbons (Fsp3) is 0. The van der Waals surface area contributed by atoms with E-state index in [1.165, 1.54) is 12.1 Å². The van der Waals surface area contributed by atoms with E-state index in [-0.39, 0.29) is 17.3 Å². The number of rotatable bonds is 3. The number of para-hydroxylation sites is 1. The second kappa shape index (κ2) is 6.76. The van der Waals surface area contributed by atoms with Gasteiger partial charge in [-0.25, -0.2) is 4.68 Å². The van der Waals surface area contributed by atoms with Crippen molar-refractivity contribution >= 4 is 11.9 Å². The van der Waals surface area contributed by atoms with Crippen molar-refractivity contribution in [2.75, 3.05) is 0 Å². The first-order valence-corrected chi connectivity index (χ1v) is 9.02. The number of carbonyl (C=O) groups excluding carboxylic acids is 1. The highest BCUT2D eigenvalue weighted by molar-refractivity contribution is 6.14. The number of phenols is 1. The molecule has 2 aromatic carbocycles. The van der Waals surface area contributed by atoms with Crippen LogP contribution in [0.5, 0.6) is 11.5 Å². The second-order valence-corrected chi connectivity index (χ2v) is 6.58. The first-order chi connectivity index (χ1) is 14.2. The minimum absolute atomic E-state index is 0.0470. The van der Waals surface area contributed by atoms with E-state index in [1.54, 1.807) is 29.2 Å². The normalized spacial score (nSPS) is 14.1. The molecule has 1 aliphatic heterocycles. The Hall–Kier alpha value is -4.19. The number of pyridine rings is 1. The van der Waals surface area contributed by atoms with Crippen molar-refractivity contribution in [3.8, 4) is 28.4 Å². The highest BCUT2D eigenvalue weighted by Crippen LogP contribution is 2.35. The molecule has 0 saturated heterocycles. The van der Waals surface area contributed by atoms with E-state index in [0.717, 1.165) is 16.8 Å². The van der Waals surface area contributed by atoms with Gasteiger partial charge in [-0.1, -0.05) is 18.2 Å². The standard InChI is InChI=1S/C23H15N3O3/c27-18-8-9-19-20(12-18)29-21(23(19)28)11-16-14-26(17-6-2-1-3-7-17)25-22(16)15-5-4-10-24-13-15/h1-14,27H/b21-11-.